The average molecular weight is 226 g/mol. The zero-order valence-electron chi connectivity index (χ0n) is 8.95. The second kappa shape index (κ2) is 5.03. The van der Waals surface area contributed by atoms with Gasteiger partial charge in [-0.05, 0) is 11.1 Å². The maximum absolute atomic E-state index is 10.8. The van der Waals surface area contributed by atoms with E-state index in [9.17, 15) is 4.79 Å². The molecule has 84 valence electrons. The van der Waals surface area contributed by atoms with Gasteiger partial charge in [0.15, 0.2) is 0 Å². The minimum absolute atomic E-state index is 0.596. The van der Waals surface area contributed by atoms with Gasteiger partial charge in [0.1, 0.15) is 6.33 Å². The molecule has 0 aliphatic rings. The number of carbonyl (C=O) groups is 1. The van der Waals surface area contributed by atoms with Crippen LogP contribution in [0.5, 0.6) is 0 Å². The lowest BCUT2D eigenvalue weighted by atomic mass is 10.0. The molecule has 0 spiro atoms. The number of carboxylic acid groups (broad SMARTS) is 1. The van der Waals surface area contributed by atoms with Crippen LogP contribution in [0.4, 0.5) is 0 Å². The highest BCUT2D eigenvalue weighted by atomic mass is 16.4. The van der Waals surface area contributed by atoms with Gasteiger partial charge < -0.3 is 5.11 Å². The number of aromatic nitrogens is 2. The van der Waals surface area contributed by atoms with E-state index < -0.39 is 5.97 Å². The quantitative estimate of drug-likeness (QED) is 0.813. The predicted octanol–water partition coefficient (Wildman–Crippen LogP) is 1.99. The van der Waals surface area contributed by atoms with Crippen LogP contribution < -0.4 is 0 Å². The van der Waals surface area contributed by atoms with Gasteiger partial charge in [-0.1, -0.05) is 30.3 Å². The van der Waals surface area contributed by atoms with E-state index in [1.54, 1.807) is 12.4 Å². The number of hydrogen-bond acceptors (Lipinski definition) is 3. The number of hydrogen-bond donors (Lipinski definition) is 1. The molecule has 0 amide bonds. The van der Waals surface area contributed by atoms with Crippen LogP contribution in [-0.4, -0.2) is 21.0 Å². The van der Waals surface area contributed by atoms with Gasteiger partial charge in [0.25, 0.3) is 0 Å². The fourth-order valence-electron chi connectivity index (χ4n) is 1.51. The van der Waals surface area contributed by atoms with E-state index in [1.807, 2.05) is 30.3 Å². The molecule has 0 aliphatic carbocycles. The van der Waals surface area contributed by atoms with Crippen LogP contribution in [0.2, 0.25) is 0 Å². The van der Waals surface area contributed by atoms with Gasteiger partial charge in [-0.2, -0.15) is 0 Å². The fourth-order valence-corrected chi connectivity index (χ4v) is 1.51. The van der Waals surface area contributed by atoms with Gasteiger partial charge in [0, 0.05) is 24.0 Å². The van der Waals surface area contributed by atoms with Crippen molar-refractivity contribution < 1.29 is 9.90 Å². The van der Waals surface area contributed by atoms with Gasteiger partial charge in [-0.3, -0.25) is 0 Å². The summed E-state index contributed by atoms with van der Waals surface area (Å²) in [6, 6.07) is 9.29. The Morgan fingerprint density at radius 2 is 1.71 bits per heavy atom. The van der Waals surface area contributed by atoms with Crippen molar-refractivity contribution in [2.45, 2.75) is 0 Å². The largest absolute Gasteiger partial charge is 0.478 e. The summed E-state index contributed by atoms with van der Waals surface area (Å²) in [4.78, 5) is 18.6. The molecule has 4 heteroatoms. The molecule has 2 rings (SSSR count). The van der Waals surface area contributed by atoms with Gasteiger partial charge in [-0.25, -0.2) is 14.8 Å². The maximum atomic E-state index is 10.8. The van der Waals surface area contributed by atoms with E-state index >= 15 is 0 Å². The normalized spacial score (nSPS) is 11.2. The maximum Gasteiger partial charge on any atom is 0.328 e. The van der Waals surface area contributed by atoms with Crippen LogP contribution in [0, 0.1) is 0 Å². The molecule has 17 heavy (non-hydrogen) atoms. The molecule has 0 bridgehead atoms. The zero-order valence-corrected chi connectivity index (χ0v) is 8.95. The van der Waals surface area contributed by atoms with Crippen molar-refractivity contribution in [3.8, 4) is 0 Å². The number of aliphatic carboxylic acids is 1. The third-order valence-electron chi connectivity index (χ3n) is 2.22. The summed E-state index contributed by atoms with van der Waals surface area (Å²) in [5, 5.41) is 8.89. The van der Waals surface area contributed by atoms with E-state index in [1.165, 1.54) is 6.33 Å². The monoisotopic (exact) mass is 226 g/mol. The standard InChI is InChI=1S/C13H10N2O2/c16-13(17)6-12(10-4-2-1-3-5-10)11-7-14-9-15-8-11/h1-9H,(H,16,17). The predicted molar refractivity (Wildman–Crippen MR) is 63.2 cm³/mol. The Kier molecular flexibility index (Phi) is 3.25. The summed E-state index contributed by atoms with van der Waals surface area (Å²) >= 11 is 0. The number of benzene rings is 1. The first kappa shape index (κ1) is 11.0. The Labute approximate surface area is 98.3 Å². The highest BCUT2D eigenvalue weighted by Gasteiger charge is 2.07. The topological polar surface area (TPSA) is 63.1 Å². The Morgan fingerprint density at radius 3 is 2.29 bits per heavy atom. The van der Waals surface area contributed by atoms with Crippen molar-refractivity contribution in [2.24, 2.45) is 0 Å². The Bertz CT molecular complexity index is 494. The van der Waals surface area contributed by atoms with Crippen molar-refractivity contribution in [3.63, 3.8) is 0 Å². The summed E-state index contributed by atoms with van der Waals surface area (Å²) in [6.45, 7) is 0. The van der Waals surface area contributed by atoms with Crippen LogP contribution in [0.25, 0.3) is 5.57 Å². The lowest BCUT2D eigenvalue weighted by molar-refractivity contribution is -0.131. The summed E-state index contributed by atoms with van der Waals surface area (Å²) in [5.41, 5.74) is 2.10. The molecule has 1 heterocycles. The third-order valence-corrected chi connectivity index (χ3v) is 2.22. The van der Waals surface area contributed by atoms with Gasteiger partial charge in [0.2, 0.25) is 0 Å². The van der Waals surface area contributed by atoms with Crippen LogP contribution in [0.1, 0.15) is 11.1 Å². The summed E-state index contributed by atoms with van der Waals surface area (Å²) in [7, 11) is 0. The number of nitrogens with zero attached hydrogens (tertiary/aromatic N) is 2. The molecule has 1 N–H and O–H groups in total. The number of carboxylic acids is 1. The van der Waals surface area contributed by atoms with Crippen molar-refractivity contribution in [2.75, 3.05) is 0 Å². The summed E-state index contributed by atoms with van der Waals surface area (Å²) < 4.78 is 0. The molecule has 0 radical (unpaired) electrons. The molecule has 1 aromatic heterocycles. The summed E-state index contributed by atoms with van der Waals surface area (Å²) in [5.74, 6) is -0.993. The second-order valence-corrected chi connectivity index (χ2v) is 3.39. The molecule has 0 aliphatic heterocycles. The molecule has 2 aromatic rings. The first-order valence-corrected chi connectivity index (χ1v) is 5.03. The first-order chi connectivity index (χ1) is 8.27. The van der Waals surface area contributed by atoms with Crippen LogP contribution in [-0.2, 0) is 4.79 Å². The second-order valence-electron chi connectivity index (χ2n) is 3.39. The molecular weight excluding hydrogens is 216 g/mol. The van der Waals surface area contributed by atoms with Crippen LogP contribution >= 0.6 is 0 Å². The Balaban J connectivity index is 2.51. The Morgan fingerprint density at radius 1 is 1.06 bits per heavy atom. The number of rotatable bonds is 3. The molecule has 0 saturated heterocycles. The van der Waals surface area contributed by atoms with Crippen molar-refractivity contribution in [3.05, 3.63) is 66.3 Å². The highest BCUT2D eigenvalue weighted by Crippen LogP contribution is 2.21. The van der Waals surface area contributed by atoms with E-state index in [4.69, 9.17) is 5.11 Å². The van der Waals surface area contributed by atoms with Crippen LogP contribution in [0.3, 0.4) is 0 Å². The van der Waals surface area contributed by atoms with E-state index in [-0.39, 0.29) is 0 Å². The fraction of sp³-hybridized carbons (Fsp3) is 0. The lowest BCUT2D eigenvalue weighted by Crippen LogP contribution is -1.95. The van der Waals surface area contributed by atoms with Gasteiger partial charge in [-0.15, -0.1) is 0 Å². The smallest absolute Gasteiger partial charge is 0.328 e. The molecule has 0 atom stereocenters. The molecule has 0 saturated carbocycles. The van der Waals surface area contributed by atoms with Crippen molar-refractivity contribution >= 4 is 11.5 Å². The van der Waals surface area contributed by atoms with E-state index in [2.05, 4.69) is 9.97 Å². The third kappa shape index (κ3) is 2.75. The van der Waals surface area contributed by atoms with Crippen LogP contribution in [0.15, 0.2) is 55.1 Å². The average Bonchev–Trinajstić information content (AvgIpc) is 2.38. The lowest BCUT2D eigenvalue weighted by Gasteiger charge is -2.05. The molecule has 0 unspecified atom stereocenters. The summed E-state index contributed by atoms with van der Waals surface area (Å²) in [6.07, 6.45) is 5.75. The zero-order chi connectivity index (χ0) is 12.1. The van der Waals surface area contributed by atoms with Crippen molar-refractivity contribution in [1.29, 1.82) is 0 Å². The molecule has 4 nitrogen and oxygen atoms in total. The van der Waals surface area contributed by atoms with Gasteiger partial charge >= 0.3 is 5.97 Å². The Hall–Kier alpha value is -2.49. The van der Waals surface area contributed by atoms with E-state index in [0.717, 1.165) is 11.6 Å². The first-order valence-electron chi connectivity index (χ1n) is 5.03. The SMILES string of the molecule is O=C(O)C=C(c1ccccc1)c1cncnc1. The minimum atomic E-state index is -0.993. The van der Waals surface area contributed by atoms with E-state index in [0.29, 0.717) is 11.1 Å². The highest BCUT2D eigenvalue weighted by molar-refractivity contribution is 5.94. The molecule has 0 fully saturated rings. The van der Waals surface area contributed by atoms with Crippen molar-refractivity contribution in [1.82, 2.24) is 9.97 Å². The van der Waals surface area contributed by atoms with Gasteiger partial charge in [0.05, 0.1) is 0 Å². The molecular formula is C13H10N2O2. The molecule has 1 aromatic carbocycles. The minimum Gasteiger partial charge on any atom is -0.478 e.